The summed E-state index contributed by atoms with van der Waals surface area (Å²) >= 11 is 3.61. The summed E-state index contributed by atoms with van der Waals surface area (Å²) in [5.41, 5.74) is 1.83. The lowest BCUT2D eigenvalue weighted by molar-refractivity contribution is 0.170. The lowest BCUT2D eigenvalue weighted by Crippen LogP contribution is -2.29. The topological polar surface area (TPSA) is 33.7 Å². The fourth-order valence-electron chi connectivity index (χ4n) is 3.82. The third-order valence-corrected chi connectivity index (χ3v) is 5.50. The van der Waals surface area contributed by atoms with Gasteiger partial charge in [-0.3, -0.25) is 4.90 Å². The van der Waals surface area contributed by atoms with E-state index in [9.17, 15) is 0 Å². The van der Waals surface area contributed by atoms with Crippen LogP contribution >= 0.6 is 15.9 Å². The number of nitrogens with one attached hydrogen (secondary N) is 1. The van der Waals surface area contributed by atoms with Gasteiger partial charge in [0.15, 0.2) is 11.5 Å². The quantitative estimate of drug-likeness (QED) is 0.886. The Morgan fingerprint density at radius 1 is 1.24 bits per heavy atom. The van der Waals surface area contributed by atoms with E-state index < -0.39 is 0 Å². The van der Waals surface area contributed by atoms with Crippen molar-refractivity contribution in [3.8, 4) is 11.5 Å². The van der Waals surface area contributed by atoms with Crippen molar-refractivity contribution in [2.24, 2.45) is 5.41 Å². The zero-order valence-corrected chi connectivity index (χ0v) is 13.7. The van der Waals surface area contributed by atoms with Crippen LogP contribution in [0.25, 0.3) is 0 Å². The molecule has 0 aromatic heterocycles. The number of halogens is 1. The largest absolute Gasteiger partial charge is 0.486 e. The van der Waals surface area contributed by atoms with E-state index in [1.54, 1.807) is 0 Å². The Labute approximate surface area is 133 Å². The maximum Gasteiger partial charge on any atom is 0.175 e. The summed E-state index contributed by atoms with van der Waals surface area (Å²) in [6, 6.07) is 4.31. The first-order valence-corrected chi connectivity index (χ1v) is 8.55. The molecule has 114 valence electrons. The molecule has 3 heterocycles. The Morgan fingerprint density at radius 2 is 2.14 bits per heavy atom. The van der Waals surface area contributed by atoms with Crippen LogP contribution in [0.5, 0.6) is 11.5 Å². The molecule has 3 aliphatic rings. The predicted octanol–water partition coefficient (Wildman–Crippen LogP) is 2.41. The molecule has 1 aromatic carbocycles. The van der Waals surface area contributed by atoms with E-state index in [4.69, 9.17) is 9.47 Å². The number of fused-ring (bicyclic) bond motifs is 1. The molecule has 1 aromatic rings. The molecule has 0 saturated carbocycles. The van der Waals surface area contributed by atoms with E-state index in [2.05, 4.69) is 38.3 Å². The van der Waals surface area contributed by atoms with Crippen molar-refractivity contribution in [2.75, 3.05) is 39.4 Å². The van der Waals surface area contributed by atoms with Gasteiger partial charge in [0.05, 0.1) is 4.47 Å². The van der Waals surface area contributed by atoms with Gasteiger partial charge in [0.25, 0.3) is 0 Å². The van der Waals surface area contributed by atoms with Crippen LogP contribution in [-0.4, -0.2) is 44.3 Å². The van der Waals surface area contributed by atoms with E-state index in [0.717, 1.165) is 22.5 Å². The first-order valence-electron chi connectivity index (χ1n) is 7.75. The second-order valence-electron chi connectivity index (χ2n) is 6.49. The SMILES string of the molecule is Brc1cc(CN2CCC3(CCNC3)C2)cc2c1OCCO2. The molecular formula is C16H21BrN2O2. The van der Waals surface area contributed by atoms with Crippen LogP contribution in [-0.2, 0) is 6.54 Å². The number of rotatable bonds is 2. The number of nitrogens with zero attached hydrogens (tertiary/aromatic N) is 1. The van der Waals surface area contributed by atoms with Crippen LogP contribution in [0.15, 0.2) is 16.6 Å². The van der Waals surface area contributed by atoms with Crippen LogP contribution < -0.4 is 14.8 Å². The first kappa shape index (κ1) is 13.9. The fourth-order valence-corrected chi connectivity index (χ4v) is 4.42. The van der Waals surface area contributed by atoms with Crippen molar-refractivity contribution in [1.82, 2.24) is 10.2 Å². The van der Waals surface area contributed by atoms with Gasteiger partial charge in [-0.1, -0.05) is 0 Å². The Balaban J connectivity index is 1.49. The van der Waals surface area contributed by atoms with Gasteiger partial charge < -0.3 is 14.8 Å². The molecule has 2 saturated heterocycles. The molecule has 0 bridgehead atoms. The minimum Gasteiger partial charge on any atom is -0.486 e. The zero-order valence-electron chi connectivity index (χ0n) is 12.2. The van der Waals surface area contributed by atoms with E-state index >= 15 is 0 Å². The van der Waals surface area contributed by atoms with Crippen molar-refractivity contribution in [3.05, 3.63) is 22.2 Å². The Kier molecular flexibility index (Phi) is 3.59. The third-order valence-electron chi connectivity index (χ3n) is 4.91. The second-order valence-corrected chi connectivity index (χ2v) is 7.34. The Hall–Kier alpha value is -0.780. The van der Waals surface area contributed by atoms with E-state index in [1.165, 1.54) is 44.6 Å². The van der Waals surface area contributed by atoms with Crippen molar-refractivity contribution < 1.29 is 9.47 Å². The van der Waals surface area contributed by atoms with Gasteiger partial charge in [-0.15, -0.1) is 0 Å². The molecule has 0 amide bonds. The van der Waals surface area contributed by atoms with E-state index in [0.29, 0.717) is 18.6 Å². The van der Waals surface area contributed by atoms with Crippen LogP contribution in [0.3, 0.4) is 0 Å². The lowest BCUT2D eigenvalue weighted by Gasteiger charge is -2.24. The molecule has 4 nitrogen and oxygen atoms in total. The number of benzene rings is 1. The highest BCUT2D eigenvalue weighted by Crippen LogP contribution is 2.40. The molecule has 1 atom stereocenters. The minimum absolute atomic E-state index is 0.533. The summed E-state index contributed by atoms with van der Waals surface area (Å²) in [5.74, 6) is 1.73. The summed E-state index contributed by atoms with van der Waals surface area (Å²) in [4.78, 5) is 2.57. The molecular weight excluding hydrogens is 332 g/mol. The van der Waals surface area contributed by atoms with E-state index in [1.807, 2.05) is 0 Å². The number of hydrogen-bond donors (Lipinski definition) is 1. The Bertz CT molecular complexity index is 543. The highest BCUT2D eigenvalue weighted by atomic mass is 79.9. The molecule has 1 N–H and O–H groups in total. The van der Waals surface area contributed by atoms with Gasteiger partial charge in [0.1, 0.15) is 13.2 Å². The fraction of sp³-hybridized carbons (Fsp3) is 0.625. The van der Waals surface area contributed by atoms with Gasteiger partial charge in [-0.25, -0.2) is 0 Å². The van der Waals surface area contributed by atoms with Crippen LogP contribution in [0.1, 0.15) is 18.4 Å². The lowest BCUT2D eigenvalue weighted by atomic mass is 9.86. The average molecular weight is 353 g/mol. The predicted molar refractivity (Wildman–Crippen MR) is 84.9 cm³/mol. The van der Waals surface area contributed by atoms with Crippen molar-refractivity contribution in [3.63, 3.8) is 0 Å². The molecule has 3 aliphatic heterocycles. The molecule has 21 heavy (non-hydrogen) atoms. The van der Waals surface area contributed by atoms with Crippen molar-refractivity contribution >= 4 is 15.9 Å². The average Bonchev–Trinajstić information content (AvgIpc) is 3.10. The molecule has 1 spiro atoms. The number of likely N-dealkylation sites (tertiary alicyclic amines) is 1. The highest BCUT2D eigenvalue weighted by molar-refractivity contribution is 9.10. The van der Waals surface area contributed by atoms with Gasteiger partial charge in [0, 0.05) is 19.6 Å². The zero-order chi connectivity index (χ0) is 14.3. The second kappa shape index (κ2) is 5.45. The summed E-state index contributed by atoms with van der Waals surface area (Å²) < 4.78 is 12.4. The Morgan fingerprint density at radius 3 is 3.00 bits per heavy atom. The smallest absolute Gasteiger partial charge is 0.175 e. The molecule has 0 radical (unpaired) electrons. The van der Waals surface area contributed by atoms with Gasteiger partial charge in [-0.05, 0) is 65.0 Å². The highest BCUT2D eigenvalue weighted by Gasteiger charge is 2.40. The number of hydrogen-bond acceptors (Lipinski definition) is 4. The third kappa shape index (κ3) is 2.67. The summed E-state index contributed by atoms with van der Waals surface area (Å²) in [5, 5.41) is 3.52. The van der Waals surface area contributed by atoms with Gasteiger partial charge in [0.2, 0.25) is 0 Å². The van der Waals surface area contributed by atoms with Crippen LogP contribution in [0.2, 0.25) is 0 Å². The maximum atomic E-state index is 5.72. The molecule has 1 unspecified atom stereocenters. The first-order chi connectivity index (χ1) is 10.2. The normalized spacial score (nSPS) is 28.4. The standard InChI is InChI=1S/C16H21BrN2O2/c17-13-7-12(8-14-15(13)21-6-5-20-14)9-19-4-2-16(11-19)1-3-18-10-16/h7-8,18H,1-6,9-11H2. The number of ether oxygens (including phenoxy) is 2. The monoisotopic (exact) mass is 352 g/mol. The maximum absolute atomic E-state index is 5.72. The minimum atomic E-state index is 0.533. The molecule has 5 heteroatoms. The summed E-state index contributed by atoms with van der Waals surface area (Å²) in [6.07, 6.45) is 2.65. The van der Waals surface area contributed by atoms with Gasteiger partial charge >= 0.3 is 0 Å². The van der Waals surface area contributed by atoms with Crippen LogP contribution in [0, 0.1) is 5.41 Å². The summed E-state index contributed by atoms with van der Waals surface area (Å²) in [7, 11) is 0. The van der Waals surface area contributed by atoms with Crippen molar-refractivity contribution in [2.45, 2.75) is 19.4 Å². The van der Waals surface area contributed by atoms with Crippen molar-refractivity contribution in [1.29, 1.82) is 0 Å². The molecule has 4 rings (SSSR count). The summed E-state index contributed by atoms with van der Waals surface area (Å²) in [6.45, 7) is 7.06. The van der Waals surface area contributed by atoms with Gasteiger partial charge in [-0.2, -0.15) is 0 Å². The van der Waals surface area contributed by atoms with E-state index in [-0.39, 0.29) is 0 Å². The van der Waals surface area contributed by atoms with Crippen LogP contribution in [0.4, 0.5) is 0 Å². The molecule has 0 aliphatic carbocycles. The molecule has 2 fully saturated rings.